The van der Waals surface area contributed by atoms with E-state index < -0.39 is 0 Å². The Morgan fingerprint density at radius 3 is 1.80 bits per heavy atom. The first-order chi connectivity index (χ1) is 3.56. The summed E-state index contributed by atoms with van der Waals surface area (Å²) in [5, 5.41) is 8.30. The molecule has 10 heavy (non-hydrogen) atoms. The summed E-state index contributed by atoms with van der Waals surface area (Å²) < 4.78 is 5.13. The molecule has 0 aliphatic rings. The van der Waals surface area contributed by atoms with Gasteiger partial charge in [0.1, 0.15) is 0 Å². The van der Waals surface area contributed by atoms with Crippen LogP contribution in [0.15, 0.2) is 0 Å². The van der Waals surface area contributed by atoms with Gasteiger partial charge in [0, 0.05) is 0 Å². The third-order valence-corrected chi connectivity index (χ3v) is 0.626. The van der Waals surface area contributed by atoms with Gasteiger partial charge in [-0.2, -0.15) is 0 Å². The fourth-order valence-corrected chi connectivity index (χ4v) is 0.352. The molecule has 0 saturated carbocycles. The van der Waals surface area contributed by atoms with E-state index in [2.05, 4.69) is 0 Å². The van der Waals surface area contributed by atoms with E-state index in [0.717, 1.165) is 0 Å². The fourth-order valence-electron chi connectivity index (χ4n) is 0.352. The van der Waals surface area contributed by atoms with Crippen LogP contribution >= 0.6 is 0 Å². The topological polar surface area (TPSA) is 29.5 Å². The number of rotatable bonds is 2. The Labute approximate surface area is 85.6 Å². The van der Waals surface area contributed by atoms with Gasteiger partial charge in [0.2, 0.25) is 0 Å². The summed E-state index contributed by atoms with van der Waals surface area (Å²) in [6.07, 6.45) is 0. The molecule has 0 aromatic heterocycles. The van der Waals surface area contributed by atoms with Crippen LogP contribution in [0, 0.1) is 0 Å². The number of aliphatic hydroxyl groups excluding tert-OH is 1. The summed E-state index contributed by atoms with van der Waals surface area (Å²) in [5.74, 6) is 0. The second-order valence-corrected chi connectivity index (χ2v) is 2.68. The van der Waals surface area contributed by atoms with Crippen molar-refractivity contribution in [1.29, 1.82) is 0 Å². The summed E-state index contributed by atoms with van der Waals surface area (Å²) in [6, 6.07) is 0. The van der Waals surface area contributed by atoms with Gasteiger partial charge in [-0.1, -0.05) is 0 Å². The van der Waals surface area contributed by atoms with Gasteiger partial charge in [-0.3, -0.25) is 0 Å². The van der Waals surface area contributed by atoms with Crippen molar-refractivity contribution in [2.24, 2.45) is 0 Å². The summed E-state index contributed by atoms with van der Waals surface area (Å²) in [6.45, 7) is 6.43. The van der Waals surface area contributed by atoms with Crippen molar-refractivity contribution in [3.8, 4) is 0 Å². The van der Waals surface area contributed by atoms with Crippen molar-refractivity contribution in [1.82, 2.24) is 0 Å². The quantitative estimate of drug-likeness (QED) is 0.517. The summed E-state index contributed by atoms with van der Waals surface area (Å²) in [4.78, 5) is 0. The Hall–Kier alpha value is 1.05. The minimum atomic E-state index is -0.108. The summed E-state index contributed by atoms with van der Waals surface area (Å²) >= 11 is 0. The van der Waals surface area contributed by atoms with Gasteiger partial charge in [-0.15, -0.1) is 0 Å². The second kappa shape index (κ2) is 8.15. The Kier molecular flexibility index (Phi) is 14.0. The van der Waals surface area contributed by atoms with Gasteiger partial charge < -0.3 is 9.84 Å². The normalized spacial score (nSPS) is 9.60. The molecule has 0 fully saturated rings. The van der Waals surface area contributed by atoms with Crippen molar-refractivity contribution in [3.63, 3.8) is 0 Å². The number of hydrogen-bond acceptors (Lipinski definition) is 2. The van der Waals surface area contributed by atoms with Gasteiger partial charge in [0.25, 0.3) is 0 Å². The van der Waals surface area contributed by atoms with Crippen molar-refractivity contribution in [2.45, 2.75) is 26.4 Å². The first-order valence-corrected chi connectivity index (χ1v) is 2.81. The van der Waals surface area contributed by atoms with Crippen molar-refractivity contribution in [2.75, 3.05) is 13.2 Å². The molecule has 0 bridgehead atoms. The Morgan fingerprint density at radius 2 is 1.70 bits per heavy atom. The fraction of sp³-hybridized carbons (Fsp3) is 1.00. The third kappa shape index (κ3) is 16.0. The van der Waals surface area contributed by atoms with E-state index in [1.165, 1.54) is 0 Å². The molecule has 0 atom stereocenters. The average molecular weight is 156 g/mol. The van der Waals surface area contributed by atoms with E-state index in [1.54, 1.807) is 0 Å². The first-order valence-electron chi connectivity index (χ1n) is 2.81. The van der Waals surface area contributed by atoms with E-state index >= 15 is 0 Å². The minimum absolute atomic E-state index is 0. The summed E-state index contributed by atoms with van der Waals surface area (Å²) in [5.41, 5.74) is -0.108. The molecule has 2 nitrogen and oxygen atoms in total. The molecule has 0 aliphatic heterocycles. The van der Waals surface area contributed by atoms with Crippen LogP contribution in [-0.4, -0.2) is 60.1 Å². The molecule has 0 rings (SSSR count). The Bertz CT molecular complexity index is 63.3. The van der Waals surface area contributed by atoms with Crippen LogP contribution in [0.25, 0.3) is 0 Å². The van der Waals surface area contributed by atoms with Crippen molar-refractivity contribution < 1.29 is 9.84 Å². The molecule has 0 amide bonds. The zero-order chi connectivity index (χ0) is 6.62. The summed E-state index contributed by atoms with van der Waals surface area (Å²) in [7, 11) is 0. The second-order valence-electron chi connectivity index (χ2n) is 2.68. The van der Waals surface area contributed by atoms with Crippen LogP contribution in [0.1, 0.15) is 20.8 Å². The zero-order valence-electron chi connectivity index (χ0n) is 5.77. The van der Waals surface area contributed by atoms with Crippen LogP contribution in [0.3, 0.4) is 0 Å². The molecule has 0 saturated heterocycles. The predicted molar refractivity (Wildman–Crippen MR) is 49.9 cm³/mol. The molecule has 0 aromatic carbocycles. The van der Waals surface area contributed by atoms with Crippen LogP contribution < -0.4 is 0 Å². The average Bonchev–Trinajstić information content (AvgIpc) is 1.59. The zero-order valence-corrected chi connectivity index (χ0v) is 5.77. The maximum atomic E-state index is 8.30. The van der Waals surface area contributed by atoms with E-state index in [0.29, 0.717) is 6.61 Å². The molecule has 0 aliphatic carbocycles. The molecular weight excluding hydrogens is 138 g/mol. The molecule has 0 spiro atoms. The number of aliphatic hydroxyl groups is 1. The van der Waals surface area contributed by atoms with Crippen LogP contribution in [-0.2, 0) is 4.74 Å². The maximum absolute atomic E-state index is 8.30. The standard InChI is InChI=1S/C6H14O2.Al.Li.4H/c1-6(2,3)8-5-4-7;;;;;;/h7H,4-5H2,1-3H3;;;;;;. The predicted octanol–water partition coefficient (Wildman–Crippen LogP) is -1.04. The monoisotopic (exact) mass is 156 g/mol. The molecular formula is C6H18AlLiO2. The van der Waals surface area contributed by atoms with E-state index in [4.69, 9.17) is 9.84 Å². The molecule has 0 unspecified atom stereocenters. The van der Waals surface area contributed by atoms with Crippen LogP contribution in [0.4, 0.5) is 0 Å². The first kappa shape index (κ1) is 17.2. The van der Waals surface area contributed by atoms with E-state index in [1.807, 2.05) is 20.8 Å². The SMILES string of the molecule is CC(C)(C)OCCO.[AlH3].[LiH]. The Morgan fingerprint density at radius 1 is 1.30 bits per heavy atom. The molecule has 1 N–H and O–H groups in total. The van der Waals surface area contributed by atoms with Gasteiger partial charge >= 0.3 is 18.9 Å². The number of hydrogen-bond donors (Lipinski definition) is 1. The molecule has 58 valence electrons. The third-order valence-electron chi connectivity index (χ3n) is 0.626. The van der Waals surface area contributed by atoms with Crippen molar-refractivity contribution >= 4 is 36.2 Å². The van der Waals surface area contributed by atoms with Crippen LogP contribution in [0.2, 0.25) is 0 Å². The Balaban J connectivity index is -0.000000245. The van der Waals surface area contributed by atoms with Crippen molar-refractivity contribution in [3.05, 3.63) is 0 Å². The van der Waals surface area contributed by atoms with Gasteiger partial charge in [-0.05, 0) is 20.8 Å². The molecule has 4 heteroatoms. The van der Waals surface area contributed by atoms with Crippen LogP contribution in [0.5, 0.6) is 0 Å². The van der Waals surface area contributed by atoms with Gasteiger partial charge in [-0.25, -0.2) is 0 Å². The van der Waals surface area contributed by atoms with Gasteiger partial charge in [0.15, 0.2) is 17.4 Å². The molecule has 0 radical (unpaired) electrons. The molecule has 0 aromatic rings. The van der Waals surface area contributed by atoms with Gasteiger partial charge in [0.05, 0.1) is 18.8 Å². The molecule has 0 heterocycles. The van der Waals surface area contributed by atoms with E-state index in [9.17, 15) is 0 Å². The van der Waals surface area contributed by atoms with E-state index in [-0.39, 0.29) is 48.4 Å². The number of ether oxygens (including phenoxy) is 1.